The predicted octanol–water partition coefficient (Wildman–Crippen LogP) is 2.62. The number of rotatable bonds is 3. The van der Waals surface area contributed by atoms with E-state index in [2.05, 4.69) is 15.0 Å². The monoisotopic (exact) mass is 349 g/mol. The summed E-state index contributed by atoms with van der Waals surface area (Å²) in [6.07, 6.45) is 1.54. The van der Waals surface area contributed by atoms with Crippen LogP contribution in [0.15, 0.2) is 46.3 Å². The van der Waals surface area contributed by atoms with Crippen molar-refractivity contribution in [3.8, 4) is 0 Å². The Morgan fingerprint density at radius 2 is 2.04 bits per heavy atom. The predicted molar refractivity (Wildman–Crippen MR) is 90.2 cm³/mol. The van der Waals surface area contributed by atoms with E-state index in [-0.39, 0.29) is 16.1 Å². The molecule has 6 nitrogen and oxygen atoms in total. The van der Waals surface area contributed by atoms with Crippen molar-refractivity contribution in [2.75, 3.05) is 10.0 Å². The molecule has 1 aliphatic rings. The summed E-state index contributed by atoms with van der Waals surface area (Å²) < 4.78 is 27.5. The Kier molecular flexibility index (Phi) is 4.03. The first-order chi connectivity index (χ1) is 10.8. The highest BCUT2D eigenvalue weighted by Crippen LogP contribution is 2.36. The van der Waals surface area contributed by atoms with Crippen molar-refractivity contribution in [2.45, 2.75) is 28.9 Å². The molecule has 120 valence electrons. The molecule has 1 aliphatic heterocycles. The Morgan fingerprint density at radius 3 is 2.78 bits per heavy atom. The largest absolute Gasteiger partial charge is 0.324 e. The van der Waals surface area contributed by atoms with Crippen LogP contribution in [-0.4, -0.2) is 24.6 Å². The molecule has 3 rings (SSSR count). The molecule has 1 aromatic carbocycles. The highest BCUT2D eigenvalue weighted by Gasteiger charge is 2.25. The maximum absolute atomic E-state index is 12.5. The summed E-state index contributed by atoms with van der Waals surface area (Å²) >= 11 is 1.41. The summed E-state index contributed by atoms with van der Waals surface area (Å²) in [6.45, 7) is 3.59. The molecule has 2 heterocycles. The summed E-state index contributed by atoms with van der Waals surface area (Å²) in [5, 5.41) is 2.54. The van der Waals surface area contributed by atoms with Crippen LogP contribution in [-0.2, 0) is 14.8 Å². The molecular formula is C15H15N3O3S2. The zero-order valence-electron chi connectivity index (χ0n) is 12.5. The van der Waals surface area contributed by atoms with E-state index in [4.69, 9.17) is 0 Å². The third-order valence-corrected chi connectivity index (χ3v) is 5.90. The van der Waals surface area contributed by atoms with Crippen LogP contribution < -0.4 is 10.0 Å². The number of thioether (sulfide) groups is 1. The van der Waals surface area contributed by atoms with Gasteiger partial charge in [-0.05, 0) is 44.2 Å². The lowest BCUT2D eigenvalue weighted by atomic mass is 10.3. The fourth-order valence-electron chi connectivity index (χ4n) is 2.18. The lowest BCUT2D eigenvalue weighted by Crippen LogP contribution is -2.26. The fourth-order valence-corrected chi connectivity index (χ4v) is 4.18. The Morgan fingerprint density at radius 1 is 1.26 bits per heavy atom. The Bertz CT molecular complexity index is 881. The minimum Gasteiger partial charge on any atom is -0.324 e. The Labute approximate surface area is 138 Å². The summed E-state index contributed by atoms with van der Waals surface area (Å²) in [7, 11) is -3.73. The fraction of sp³-hybridized carbons (Fsp3) is 0.200. The molecule has 1 aromatic heterocycles. The highest BCUT2D eigenvalue weighted by molar-refractivity contribution is 8.01. The first-order valence-electron chi connectivity index (χ1n) is 6.92. The van der Waals surface area contributed by atoms with Crippen LogP contribution in [0.1, 0.15) is 12.6 Å². The minimum absolute atomic E-state index is 0.0983. The molecule has 0 aliphatic carbocycles. The second kappa shape index (κ2) is 5.86. The second-order valence-corrected chi connectivity index (χ2v) is 8.26. The van der Waals surface area contributed by atoms with Gasteiger partial charge in [0.15, 0.2) is 0 Å². The number of hydrogen-bond acceptors (Lipinski definition) is 5. The number of carbonyl (C=O) groups is 1. The van der Waals surface area contributed by atoms with Crippen LogP contribution in [0.3, 0.4) is 0 Å². The SMILES string of the molecule is Cc1cc(NS(=O)(=O)c2ccc3c(c2)NC(=O)C(C)S3)ccn1. The van der Waals surface area contributed by atoms with E-state index < -0.39 is 10.0 Å². The van der Waals surface area contributed by atoms with Crippen molar-refractivity contribution in [3.63, 3.8) is 0 Å². The van der Waals surface area contributed by atoms with E-state index >= 15 is 0 Å². The number of pyridine rings is 1. The first-order valence-corrected chi connectivity index (χ1v) is 9.28. The number of carbonyl (C=O) groups excluding carboxylic acids is 1. The van der Waals surface area contributed by atoms with Gasteiger partial charge in [-0.1, -0.05) is 0 Å². The number of aryl methyl sites for hydroxylation is 1. The summed E-state index contributed by atoms with van der Waals surface area (Å²) in [4.78, 5) is 16.7. The van der Waals surface area contributed by atoms with E-state index in [0.717, 1.165) is 4.90 Å². The number of amides is 1. The number of nitrogens with zero attached hydrogens (tertiary/aromatic N) is 1. The van der Waals surface area contributed by atoms with Gasteiger partial charge in [-0.15, -0.1) is 11.8 Å². The molecule has 0 saturated heterocycles. The topological polar surface area (TPSA) is 88.2 Å². The zero-order chi connectivity index (χ0) is 16.6. The number of fused-ring (bicyclic) bond motifs is 1. The molecular weight excluding hydrogens is 334 g/mol. The van der Waals surface area contributed by atoms with Crippen LogP contribution in [0, 0.1) is 6.92 Å². The minimum atomic E-state index is -3.73. The smallest absolute Gasteiger partial charge is 0.261 e. The quantitative estimate of drug-likeness (QED) is 0.889. The van der Waals surface area contributed by atoms with E-state index in [1.165, 1.54) is 30.1 Å². The van der Waals surface area contributed by atoms with Crippen molar-refractivity contribution in [3.05, 3.63) is 42.2 Å². The number of nitrogens with one attached hydrogen (secondary N) is 2. The molecule has 1 unspecified atom stereocenters. The molecule has 0 spiro atoms. The average Bonchev–Trinajstić information content (AvgIpc) is 2.47. The van der Waals surface area contributed by atoms with Crippen molar-refractivity contribution in [1.82, 2.24) is 4.98 Å². The standard InChI is InChI=1S/C15H15N3O3S2/c1-9-7-11(5-6-16-9)18-23(20,21)12-3-4-14-13(8-12)17-15(19)10(2)22-14/h3-8,10H,1-2H3,(H,16,18)(H,17,19). The van der Waals surface area contributed by atoms with Crippen LogP contribution in [0.2, 0.25) is 0 Å². The van der Waals surface area contributed by atoms with Crippen LogP contribution in [0.4, 0.5) is 11.4 Å². The lowest BCUT2D eigenvalue weighted by molar-refractivity contribution is -0.115. The van der Waals surface area contributed by atoms with Gasteiger partial charge in [0, 0.05) is 16.8 Å². The van der Waals surface area contributed by atoms with Gasteiger partial charge >= 0.3 is 0 Å². The average molecular weight is 349 g/mol. The van der Waals surface area contributed by atoms with E-state index in [1.54, 1.807) is 32.0 Å². The molecule has 0 saturated carbocycles. The molecule has 1 atom stereocenters. The van der Waals surface area contributed by atoms with Crippen LogP contribution in [0.5, 0.6) is 0 Å². The van der Waals surface area contributed by atoms with E-state index in [0.29, 0.717) is 17.1 Å². The molecule has 0 radical (unpaired) electrons. The van der Waals surface area contributed by atoms with Gasteiger partial charge in [-0.25, -0.2) is 8.42 Å². The molecule has 23 heavy (non-hydrogen) atoms. The number of aromatic nitrogens is 1. The van der Waals surface area contributed by atoms with Gasteiger partial charge in [-0.3, -0.25) is 14.5 Å². The Hall–Kier alpha value is -2.06. The third-order valence-electron chi connectivity index (χ3n) is 3.34. The number of hydrogen-bond donors (Lipinski definition) is 2. The number of sulfonamides is 1. The maximum Gasteiger partial charge on any atom is 0.261 e. The van der Waals surface area contributed by atoms with Crippen molar-refractivity contribution >= 4 is 39.1 Å². The van der Waals surface area contributed by atoms with Crippen molar-refractivity contribution < 1.29 is 13.2 Å². The van der Waals surface area contributed by atoms with Crippen LogP contribution >= 0.6 is 11.8 Å². The third kappa shape index (κ3) is 3.32. The summed E-state index contributed by atoms with van der Waals surface area (Å²) in [5.74, 6) is -0.130. The molecule has 2 aromatic rings. The molecule has 1 amide bonds. The van der Waals surface area contributed by atoms with Crippen molar-refractivity contribution in [2.24, 2.45) is 0 Å². The normalized spacial score (nSPS) is 17.3. The van der Waals surface area contributed by atoms with Gasteiger partial charge in [0.05, 0.1) is 21.5 Å². The second-order valence-electron chi connectivity index (χ2n) is 5.20. The summed E-state index contributed by atoms with van der Waals surface area (Å²) in [6, 6.07) is 7.95. The van der Waals surface area contributed by atoms with E-state index in [9.17, 15) is 13.2 Å². The molecule has 2 N–H and O–H groups in total. The Balaban J connectivity index is 1.92. The maximum atomic E-state index is 12.5. The summed E-state index contributed by atoms with van der Waals surface area (Å²) in [5.41, 5.74) is 1.68. The van der Waals surface area contributed by atoms with Gasteiger partial charge in [0.1, 0.15) is 0 Å². The number of anilines is 2. The van der Waals surface area contributed by atoms with Gasteiger partial charge < -0.3 is 5.32 Å². The van der Waals surface area contributed by atoms with Gasteiger partial charge in [-0.2, -0.15) is 0 Å². The lowest BCUT2D eigenvalue weighted by Gasteiger charge is -2.21. The molecule has 0 fully saturated rings. The van der Waals surface area contributed by atoms with Gasteiger partial charge in [0.2, 0.25) is 5.91 Å². The number of benzene rings is 1. The zero-order valence-corrected chi connectivity index (χ0v) is 14.2. The molecule has 0 bridgehead atoms. The van der Waals surface area contributed by atoms with Crippen molar-refractivity contribution in [1.29, 1.82) is 0 Å². The first kappa shape index (κ1) is 15.8. The van der Waals surface area contributed by atoms with E-state index in [1.807, 2.05) is 0 Å². The highest BCUT2D eigenvalue weighted by atomic mass is 32.2. The van der Waals surface area contributed by atoms with Crippen LogP contribution in [0.25, 0.3) is 0 Å². The van der Waals surface area contributed by atoms with Gasteiger partial charge in [0.25, 0.3) is 10.0 Å². The molecule has 8 heteroatoms.